The van der Waals surface area contributed by atoms with E-state index in [-0.39, 0.29) is 24.4 Å². The summed E-state index contributed by atoms with van der Waals surface area (Å²) in [5, 5.41) is 12.4. The fourth-order valence-corrected chi connectivity index (χ4v) is 2.77. The summed E-state index contributed by atoms with van der Waals surface area (Å²) in [6.07, 6.45) is 2.23. The molecule has 100 valence electrons. The molecule has 2 aliphatic heterocycles. The van der Waals surface area contributed by atoms with Crippen LogP contribution in [0.4, 0.5) is 0 Å². The molecular weight excluding hydrogens is 234 g/mol. The number of piperazine rings is 1. The first-order chi connectivity index (χ1) is 8.65. The van der Waals surface area contributed by atoms with Crippen molar-refractivity contribution in [3.63, 3.8) is 0 Å². The predicted molar refractivity (Wildman–Crippen MR) is 63.7 cm³/mol. The third-order valence-corrected chi connectivity index (χ3v) is 3.96. The van der Waals surface area contributed by atoms with Gasteiger partial charge in [-0.2, -0.15) is 0 Å². The summed E-state index contributed by atoms with van der Waals surface area (Å²) in [7, 11) is 0. The van der Waals surface area contributed by atoms with E-state index in [9.17, 15) is 14.7 Å². The molecule has 2 N–H and O–H groups in total. The first kappa shape index (κ1) is 11.9. The highest BCUT2D eigenvalue weighted by atomic mass is 16.3. The number of hydrogen-bond acceptors (Lipinski definition) is 4. The van der Waals surface area contributed by atoms with Crippen molar-refractivity contribution in [2.75, 3.05) is 26.2 Å². The zero-order valence-corrected chi connectivity index (χ0v) is 10.3. The summed E-state index contributed by atoms with van der Waals surface area (Å²) in [5.74, 6) is 0.0194. The Labute approximate surface area is 106 Å². The molecule has 0 bridgehead atoms. The number of β-amino-alcohol motifs (C(OH)–C–C–N with tert-alkyl or cyclic N) is 1. The average molecular weight is 253 g/mol. The average Bonchev–Trinajstić information content (AvgIpc) is 3.10. The quantitative estimate of drug-likeness (QED) is 0.631. The van der Waals surface area contributed by atoms with E-state index >= 15 is 0 Å². The summed E-state index contributed by atoms with van der Waals surface area (Å²) in [6, 6.07) is 0.112. The Kier molecular flexibility index (Phi) is 2.99. The monoisotopic (exact) mass is 253 g/mol. The maximum absolute atomic E-state index is 12.2. The fourth-order valence-electron chi connectivity index (χ4n) is 2.77. The van der Waals surface area contributed by atoms with Crippen molar-refractivity contribution in [2.24, 2.45) is 0 Å². The van der Waals surface area contributed by atoms with E-state index in [1.54, 1.807) is 4.90 Å². The normalized spacial score (nSPS) is 33.1. The molecule has 0 aromatic heterocycles. The molecule has 3 aliphatic rings. The van der Waals surface area contributed by atoms with E-state index < -0.39 is 6.10 Å². The summed E-state index contributed by atoms with van der Waals surface area (Å²) < 4.78 is 0. The molecule has 2 unspecified atom stereocenters. The lowest BCUT2D eigenvalue weighted by molar-refractivity contribution is -0.146. The van der Waals surface area contributed by atoms with Gasteiger partial charge in [0.15, 0.2) is 0 Å². The summed E-state index contributed by atoms with van der Waals surface area (Å²) in [6.45, 7) is 1.94. The number of amides is 2. The van der Waals surface area contributed by atoms with Crippen LogP contribution >= 0.6 is 0 Å². The SMILES string of the molecule is O=C(C1CC(O)CN1)N1CCN(C2CC2)C(=O)C1. The third kappa shape index (κ3) is 2.22. The molecule has 3 fully saturated rings. The molecule has 6 nitrogen and oxygen atoms in total. The van der Waals surface area contributed by atoms with Crippen LogP contribution in [0.3, 0.4) is 0 Å². The van der Waals surface area contributed by atoms with Crippen LogP contribution in [0.25, 0.3) is 0 Å². The second kappa shape index (κ2) is 4.51. The van der Waals surface area contributed by atoms with Gasteiger partial charge < -0.3 is 20.2 Å². The number of carbonyl (C=O) groups is 2. The number of hydrogen-bond donors (Lipinski definition) is 2. The molecule has 2 saturated heterocycles. The van der Waals surface area contributed by atoms with Crippen molar-refractivity contribution in [2.45, 2.75) is 37.5 Å². The Balaban J connectivity index is 1.57. The van der Waals surface area contributed by atoms with Crippen LogP contribution in [-0.4, -0.2) is 71.1 Å². The van der Waals surface area contributed by atoms with Gasteiger partial charge in [0.2, 0.25) is 11.8 Å². The van der Waals surface area contributed by atoms with Crippen LogP contribution in [-0.2, 0) is 9.59 Å². The highest BCUT2D eigenvalue weighted by molar-refractivity contribution is 5.89. The van der Waals surface area contributed by atoms with Crippen molar-refractivity contribution < 1.29 is 14.7 Å². The van der Waals surface area contributed by atoms with E-state index in [4.69, 9.17) is 0 Å². The Morgan fingerprint density at radius 1 is 1.33 bits per heavy atom. The second-order valence-corrected chi connectivity index (χ2v) is 5.43. The standard InChI is InChI=1S/C12H19N3O3/c16-9-5-10(13-6-9)12(18)14-3-4-15(8-1-2-8)11(17)7-14/h8-10,13,16H,1-7H2. The molecule has 0 aromatic carbocycles. The predicted octanol–water partition coefficient (Wildman–Crippen LogP) is -1.46. The molecule has 2 atom stereocenters. The van der Waals surface area contributed by atoms with Gasteiger partial charge in [-0.25, -0.2) is 0 Å². The van der Waals surface area contributed by atoms with Crippen LogP contribution in [0.2, 0.25) is 0 Å². The van der Waals surface area contributed by atoms with Gasteiger partial charge in [0.25, 0.3) is 0 Å². The third-order valence-electron chi connectivity index (χ3n) is 3.96. The topological polar surface area (TPSA) is 72.9 Å². The van der Waals surface area contributed by atoms with Gasteiger partial charge >= 0.3 is 0 Å². The van der Waals surface area contributed by atoms with Crippen molar-refractivity contribution in [3.05, 3.63) is 0 Å². The van der Waals surface area contributed by atoms with E-state index in [1.807, 2.05) is 4.90 Å². The van der Waals surface area contributed by atoms with E-state index in [2.05, 4.69) is 5.32 Å². The number of aliphatic hydroxyl groups excluding tert-OH is 1. The van der Waals surface area contributed by atoms with Crippen molar-refractivity contribution in [1.82, 2.24) is 15.1 Å². The molecule has 2 heterocycles. The molecule has 0 spiro atoms. The van der Waals surface area contributed by atoms with E-state index in [0.717, 1.165) is 12.8 Å². The molecular formula is C12H19N3O3. The number of carbonyl (C=O) groups excluding carboxylic acids is 2. The molecule has 0 aromatic rings. The maximum Gasteiger partial charge on any atom is 0.242 e. The number of nitrogens with zero attached hydrogens (tertiary/aromatic N) is 2. The van der Waals surface area contributed by atoms with Crippen molar-refractivity contribution in [1.29, 1.82) is 0 Å². The Hall–Kier alpha value is -1.14. The molecule has 6 heteroatoms. The van der Waals surface area contributed by atoms with Crippen LogP contribution in [0.5, 0.6) is 0 Å². The van der Waals surface area contributed by atoms with Crippen molar-refractivity contribution >= 4 is 11.8 Å². The fraction of sp³-hybridized carbons (Fsp3) is 0.833. The first-order valence-corrected chi connectivity index (χ1v) is 6.65. The minimum absolute atomic E-state index is 0.0460. The van der Waals surface area contributed by atoms with Crippen LogP contribution < -0.4 is 5.32 Å². The highest BCUT2D eigenvalue weighted by Crippen LogP contribution is 2.28. The Bertz CT molecular complexity index is 370. The molecule has 3 rings (SSSR count). The lowest BCUT2D eigenvalue weighted by Crippen LogP contribution is -2.56. The van der Waals surface area contributed by atoms with Crippen LogP contribution in [0, 0.1) is 0 Å². The summed E-state index contributed by atoms with van der Waals surface area (Å²) in [5.41, 5.74) is 0. The Morgan fingerprint density at radius 2 is 2.11 bits per heavy atom. The van der Waals surface area contributed by atoms with Gasteiger partial charge in [-0.05, 0) is 19.3 Å². The lowest BCUT2D eigenvalue weighted by Gasteiger charge is -2.35. The summed E-state index contributed by atoms with van der Waals surface area (Å²) >= 11 is 0. The van der Waals surface area contributed by atoms with Gasteiger partial charge in [-0.3, -0.25) is 9.59 Å². The smallest absolute Gasteiger partial charge is 0.242 e. The van der Waals surface area contributed by atoms with E-state index in [0.29, 0.717) is 32.1 Å². The van der Waals surface area contributed by atoms with E-state index in [1.165, 1.54) is 0 Å². The Morgan fingerprint density at radius 3 is 2.67 bits per heavy atom. The lowest BCUT2D eigenvalue weighted by atomic mass is 10.1. The first-order valence-electron chi connectivity index (χ1n) is 6.65. The zero-order valence-electron chi connectivity index (χ0n) is 10.3. The van der Waals surface area contributed by atoms with Gasteiger partial charge in [0.1, 0.15) is 0 Å². The van der Waals surface area contributed by atoms with Crippen molar-refractivity contribution in [3.8, 4) is 0 Å². The van der Waals surface area contributed by atoms with Crippen LogP contribution in [0.1, 0.15) is 19.3 Å². The maximum atomic E-state index is 12.2. The molecule has 2 amide bonds. The largest absolute Gasteiger partial charge is 0.392 e. The minimum atomic E-state index is -0.442. The zero-order chi connectivity index (χ0) is 12.7. The highest BCUT2D eigenvalue weighted by Gasteiger charge is 2.39. The molecule has 1 aliphatic carbocycles. The second-order valence-electron chi connectivity index (χ2n) is 5.43. The van der Waals surface area contributed by atoms with Gasteiger partial charge in [0.05, 0.1) is 18.7 Å². The number of aliphatic hydroxyl groups is 1. The van der Waals surface area contributed by atoms with Gasteiger partial charge in [0, 0.05) is 25.7 Å². The molecule has 1 saturated carbocycles. The number of nitrogens with one attached hydrogen (secondary N) is 1. The van der Waals surface area contributed by atoms with Gasteiger partial charge in [-0.15, -0.1) is 0 Å². The summed E-state index contributed by atoms with van der Waals surface area (Å²) in [4.78, 5) is 27.6. The molecule has 0 radical (unpaired) electrons. The minimum Gasteiger partial charge on any atom is -0.392 e. The number of rotatable bonds is 2. The van der Waals surface area contributed by atoms with Crippen LogP contribution in [0.15, 0.2) is 0 Å². The van der Waals surface area contributed by atoms with Gasteiger partial charge in [-0.1, -0.05) is 0 Å². The molecule has 18 heavy (non-hydrogen) atoms.